The summed E-state index contributed by atoms with van der Waals surface area (Å²) in [4.78, 5) is 14.7. The molecule has 0 radical (unpaired) electrons. The van der Waals surface area contributed by atoms with E-state index in [2.05, 4.69) is 30.4 Å². The Labute approximate surface area is 113 Å². The van der Waals surface area contributed by atoms with Crippen LogP contribution in [0.25, 0.3) is 0 Å². The van der Waals surface area contributed by atoms with Crippen molar-refractivity contribution < 1.29 is 17.9 Å². The molecule has 0 aliphatic carbocycles. The smallest absolute Gasteiger partial charge is 0.306 e. The van der Waals surface area contributed by atoms with Crippen molar-refractivity contribution in [3.8, 4) is 0 Å². The molecule has 9 heteroatoms. The third-order valence-corrected chi connectivity index (χ3v) is 3.77. The standard InChI is InChI=1S/C9H12BrN3O4S/c1-17-8(14)2-3-18(15,16)13-9-7(10)4-6(11)5-12-9/h4-5H,2-3,11H2,1H3,(H,12,13). The number of methoxy groups -OCH3 is 1. The lowest BCUT2D eigenvalue weighted by atomic mass is 10.4. The third-order valence-electron chi connectivity index (χ3n) is 1.92. The van der Waals surface area contributed by atoms with Crippen molar-refractivity contribution >= 4 is 43.4 Å². The number of carbonyl (C=O) groups is 1. The number of nitrogens with two attached hydrogens (primary N) is 1. The van der Waals surface area contributed by atoms with Gasteiger partial charge < -0.3 is 10.5 Å². The molecule has 0 spiro atoms. The molecule has 1 rings (SSSR count). The molecule has 0 atom stereocenters. The lowest BCUT2D eigenvalue weighted by Crippen LogP contribution is -2.20. The first-order valence-corrected chi connectivity index (χ1v) is 7.27. The number of nitrogens with zero attached hydrogens (tertiary/aromatic N) is 1. The highest BCUT2D eigenvalue weighted by Crippen LogP contribution is 2.22. The zero-order valence-electron chi connectivity index (χ0n) is 9.51. The second-order valence-electron chi connectivity index (χ2n) is 3.35. The number of ether oxygens (including phenoxy) is 1. The first-order chi connectivity index (χ1) is 8.34. The van der Waals surface area contributed by atoms with E-state index in [1.807, 2.05) is 0 Å². The van der Waals surface area contributed by atoms with Crippen LogP contribution in [0.2, 0.25) is 0 Å². The largest absolute Gasteiger partial charge is 0.469 e. The third kappa shape index (κ3) is 4.49. The first kappa shape index (κ1) is 14.7. The number of carbonyl (C=O) groups excluding carboxylic acids is 1. The molecule has 0 amide bonds. The average molecular weight is 338 g/mol. The Hall–Kier alpha value is -1.35. The number of rotatable bonds is 5. The van der Waals surface area contributed by atoms with E-state index in [4.69, 9.17) is 5.73 Å². The zero-order chi connectivity index (χ0) is 13.8. The molecule has 0 saturated carbocycles. The quantitative estimate of drug-likeness (QED) is 0.766. The van der Waals surface area contributed by atoms with Gasteiger partial charge in [-0.15, -0.1) is 0 Å². The summed E-state index contributed by atoms with van der Waals surface area (Å²) in [7, 11) is -2.46. The van der Waals surface area contributed by atoms with Crippen molar-refractivity contribution in [2.24, 2.45) is 0 Å². The van der Waals surface area contributed by atoms with Gasteiger partial charge in [0.25, 0.3) is 0 Å². The van der Waals surface area contributed by atoms with Gasteiger partial charge in [0, 0.05) is 0 Å². The Morgan fingerprint density at radius 1 is 1.61 bits per heavy atom. The highest BCUT2D eigenvalue weighted by Gasteiger charge is 2.15. The molecule has 0 aromatic carbocycles. The van der Waals surface area contributed by atoms with E-state index in [0.717, 1.165) is 0 Å². The number of nitrogens with one attached hydrogen (secondary N) is 1. The first-order valence-electron chi connectivity index (χ1n) is 4.82. The molecule has 18 heavy (non-hydrogen) atoms. The lowest BCUT2D eigenvalue weighted by Gasteiger charge is -2.08. The van der Waals surface area contributed by atoms with Crippen molar-refractivity contribution in [1.82, 2.24) is 4.98 Å². The number of halogens is 1. The molecule has 0 unspecified atom stereocenters. The Kier molecular flexibility index (Phi) is 4.91. The van der Waals surface area contributed by atoms with Crippen LogP contribution in [-0.4, -0.2) is 32.2 Å². The fraction of sp³-hybridized carbons (Fsp3) is 0.333. The van der Waals surface area contributed by atoms with Crippen LogP contribution in [-0.2, 0) is 19.6 Å². The minimum atomic E-state index is -3.66. The molecule has 1 aromatic heterocycles. The van der Waals surface area contributed by atoms with Crippen LogP contribution in [0.5, 0.6) is 0 Å². The minimum Gasteiger partial charge on any atom is -0.469 e. The Balaban J connectivity index is 2.73. The van der Waals surface area contributed by atoms with Crippen LogP contribution in [0.4, 0.5) is 11.5 Å². The Bertz CT molecular complexity index is 547. The van der Waals surface area contributed by atoms with Crippen LogP contribution < -0.4 is 10.5 Å². The number of hydrogen-bond acceptors (Lipinski definition) is 6. The van der Waals surface area contributed by atoms with Gasteiger partial charge >= 0.3 is 5.97 Å². The molecule has 7 nitrogen and oxygen atoms in total. The number of sulfonamides is 1. The highest BCUT2D eigenvalue weighted by atomic mass is 79.9. The summed E-state index contributed by atoms with van der Waals surface area (Å²) < 4.78 is 30.3. The van der Waals surface area contributed by atoms with Crippen LogP contribution in [0, 0.1) is 0 Å². The average Bonchev–Trinajstić information content (AvgIpc) is 2.30. The molecule has 3 N–H and O–H groups in total. The molecule has 100 valence electrons. The van der Waals surface area contributed by atoms with Crippen molar-refractivity contribution in [1.29, 1.82) is 0 Å². The van der Waals surface area contributed by atoms with E-state index in [1.165, 1.54) is 19.4 Å². The summed E-state index contributed by atoms with van der Waals surface area (Å²) in [6, 6.07) is 1.52. The van der Waals surface area contributed by atoms with E-state index in [9.17, 15) is 13.2 Å². The maximum absolute atomic E-state index is 11.6. The van der Waals surface area contributed by atoms with Crippen LogP contribution in [0.15, 0.2) is 16.7 Å². The van der Waals surface area contributed by atoms with E-state index >= 15 is 0 Å². The molecule has 0 bridgehead atoms. The van der Waals surface area contributed by atoms with E-state index in [1.54, 1.807) is 0 Å². The maximum atomic E-state index is 11.6. The minimum absolute atomic E-state index is 0.120. The summed E-state index contributed by atoms with van der Waals surface area (Å²) in [6.07, 6.45) is 1.10. The second-order valence-corrected chi connectivity index (χ2v) is 6.04. The summed E-state index contributed by atoms with van der Waals surface area (Å²) in [5.41, 5.74) is 5.88. The number of pyridine rings is 1. The Morgan fingerprint density at radius 2 is 2.28 bits per heavy atom. The Morgan fingerprint density at radius 3 is 2.83 bits per heavy atom. The molecule has 0 aliphatic rings. The zero-order valence-corrected chi connectivity index (χ0v) is 11.9. The van der Waals surface area contributed by atoms with E-state index < -0.39 is 16.0 Å². The van der Waals surface area contributed by atoms with Crippen molar-refractivity contribution in [3.05, 3.63) is 16.7 Å². The van der Waals surface area contributed by atoms with E-state index in [-0.39, 0.29) is 18.0 Å². The van der Waals surface area contributed by atoms with Gasteiger partial charge in [-0.3, -0.25) is 9.52 Å². The number of hydrogen-bond donors (Lipinski definition) is 2. The molecule has 0 aliphatic heterocycles. The highest BCUT2D eigenvalue weighted by molar-refractivity contribution is 9.10. The molecule has 0 fully saturated rings. The van der Waals surface area contributed by atoms with Gasteiger partial charge in [0.15, 0.2) is 5.82 Å². The number of aromatic nitrogens is 1. The van der Waals surface area contributed by atoms with Crippen molar-refractivity contribution in [3.63, 3.8) is 0 Å². The fourth-order valence-electron chi connectivity index (χ4n) is 1.05. The van der Waals surface area contributed by atoms with E-state index in [0.29, 0.717) is 10.2 Å². The van der Waals surface area contributed by atoms with Gasteiger partial charge in [0.05, 0.1) is 35.6 Å². The number of nitrogen functional groups attached to an aromatic ring is 1. The maximum Gasteiger partial charge on any atom is 0.306 e. The molecule has 0 saturated heterocycles. The summed E-state index contributed by atoms with van der Waals surface area (Å²) in [5, 5.41) is 0. The number of anilines is 2. The van der Waals surface area contributed by atoms with Crippen LogP contribution in [0.3, 0.4) is 0 Å². The van der Waals surface area contributed by atoms with Crippen LogP contribution >= 0.6 is 15.9 Å². The van der Waals surface area contributed by atoms with Gasteiger partial charge in [0.2, 0.25) is 10.0 Å². The summed E-state index contributed by atoms with van der Waals surface area (Å²) in [5.74, 6) is -0.850. The van der Waals surface area contributed by atoms with Gasteiger partial charge in [-0.1, -0.05) is 0 Å². The van der Waals surface area contributed by atoms with Gasteiger partial charge in [-0.25, -0.2) is 13.4 Å². The predicted octanol–water partition coefficient (Wildman–Crippen LogP) is 0.731. The SMILES string of the molecule is COC(=O)CCS(=O)(=O)Nc1ncc(N)cc1Br. The molecule has 1 aromatic rings. The second kappa shape index (κ2) is 6.01. The molecule has 1 heterocycles. The molecular weight excluding hydrogens is 326 g/mol. The topological polar surface area (TPSA) is 111 Å². The van der Waals surface area contributed by atoms with Gasteiger partial charge in [-0.2, -0.15) is 0 Å². The van der Waals surface area contributed by atoms with Crippen LogP contribution in [0.1, 0.15) is 6.42 Å². The van der Waals surface area contributed by atoms with Crippen molar-refractivity contribution in [2.45, 2.75) is 6.42 Å². The normalized spacial score (nSPS) is 11.0. The molecular formula is C9H12BrN3O4S. The summed E-state index contributed by atoms with van der Waals surface area (Å²) >= 11 is 3.13. The van der Waals surface area contributed by atoms with Gasteiger partial charge in [0.1, 0.15) is 0 Å². The monoisotopic (exact) mass is 337 g/mol. The summed E-state index contributed by atoms with van der Waals surface area (Å²) in [6.45, 7) is 0. The number of esters is 1. The lowest BCUT2D eigenvalue weighted by molar-refractivity contribution is -0.140. The fourth-order valence-corrected chi connectivity index (χ4v) is 2.64. The van der Waals surface area contributed by atoms with Crippen molar-refractivity contribution in [2.75, 3.05) is 23.3 Å². The predicted molar refractivity (Wildman–Crippen MR) is 70.4 cm³/mol. The van der Waals surface area contributed by atoms with Gasteiger partial charge in [-0.05, 0) is 22.0 Å².